The van der Waals surface area contributed by atoms with Crippen LogP contribution in [-0.4, -0.2) is 18.3 Å². The highest BCUT2D eigenvalue weighted by atomic mass is 35.5. The number of methoxy groups -OCH3 is 1. The second-order valence-corrected chi connectivity index (χ2v) is 16.7. The highest BCUT2D eigenvalue weighted by molar-refractivity contribution is 6.64. The molecule has 1 aromatic carbocycles. The van der Waals surface area contributed by atoms with Gasteiger partial charge in [0.05, 0.1) is 12.7 Å². The number of halogens is 2. The molecule has 0 heterocycles. The van der Waals surface area contributed by atoms with Crippen molar-refractivity contribution >= 4 is 28.4 Å². The maximum Gasteiger partial charge on any atom is 0.340 e. The van der Waals surface area contributed by atoms with Crippen LogP contribution in [0.4, 0.5) is 4.39 Å². The number of allylic oxidation sites excluding steroid dienone is 3. The molecule has 0 N–H and O–H groups in total. The lowest BCUT2D eigenvalue weighted by Gasteiger charge is -2.72. The Kier molecular flexibility index (Phi) is 7.25. The van der Waals surface area contributed by atoms with Crippen LogP contribution >= 0.6 is 11.6 Å². The molecule has 4 fully saturated rings. The van der Waals surface area contributed by atoms with E-state index in [1.165, 1.54) is 37.2 Å². The van der Waals surface area contributed by atoms with E-state index in [1.807, 2.05) is 6.07 Å². The Labute approximate surface area is 263 Å². The molecule has 0 spiro atoms. The first-order valence-electron chi connectivity index (χ1n) is 16.5. The van der Waals surface area contributed by atoms with Gasteiger partial charge in [0.1, 0.15) is 5.82 Å². The Morgan fingerprint density at radius 2 is 1.67 bits per heavy atom. The van der Waals surface area contributed by atoms with Crippen molar-refractivity contribution in [3.05, 3.63) is 53.4 Å². The fraction of sp³-hybridized carbons (Fsp3) is 0.684. The Morgan fingerprint density at radius 3 is 2.30 bits per heavy atom. The predicted octanol–water partition coefficient (Wildman–Crippen LogP) is 10.0. The van der Waals surface area contributed by atoms with Crippen LogP contribution < -0.4 is 0 Å². The zero-order valence-corrected chi connectivity index (χ0v) is 28.0. The lowest BCUT2D eigenvalue weighted by Crippen LogP contribution is -2.65. The van der Waals surface area contributed by atoms with Gasteiger partial charge in [-0.3, -0.25) is 4.79 Å². The molecule has 1 aromatic rings. The van der Waals surface area contributed by atoms with Crippen molar-refractivity contribution in [2.24, 2.45) is 56.7 Å². The summed E-state index contributed by atoms with van der Waals surface area (Å²) in [6.45, 7) is 19.0. The fourth-order valence-electron chi connectivity index (χ4n) is 12.5. The molecule has 5 aliphatic carbocycles. The summed E-state index contributed by atoms with van der Waals surface area (Å²) in [5, 5.41) is -0.103. The van der Waals surface area contributed by atoms with Crippen molar-refractivity contribution in [1.29, 1.82) is 0 Å². The van der Waals surface area contributed by atoms with Gasteiger partial charge in [-0.2, -0.15) is 0 Å². The van der Waals surface area contributed by atoms with E-state index in [0.717, 1.165) is 50.5 Å². The van der Waals surface area contributed by atoms with E-state index < -0.39 is 11.8 Å². The SMILES string of the molecule is C=C(C)C1CCC2(C(=O)Cl)CCC3(C)C(CCC4C5(C)CC=C(c6ccc(C(=O)OC)c(F)c6)C(C)(C)C5CCC43C)C12. The standard InChI is InChI=1S/C38H50ClFO3/c1-22(2)24-13-18-38(33(39)42)20-19-36(6)27(31(24)38)11-12-30-35(5)16-14-26(34(3,4)29(35)15-17-37(30,36)7)23-9-10-25(28(40)21-23)32(41)43-8/h9-10,14,21,24,27,29-31H,1,11-13,15-20H2,2-8H3. The summed E-state index contributed by atoms with van der Waals surface area (Å²) in [6, 6.07) is 4.97. The van der Waals surface area contributed by atoms with Crippen molar-refractivity contribution in [3.63, 3.8) is 0 Å². The Bertz CT molecular complexity index is 1410. The molecule has 5 aliphatic rings. The average Bonchev–Trinajstić information content (AvgIpc) is 3.34. The normalized spacial score (nSPS) is 42.9. The van der Waals surface area contributed by atoms with E-state index >= 15 is 4.39 Å². The summed E-state index contributed by atoms with van der Waals surface area (Å²) in [5.41, 5.74) is 3.15. The first kappa shape index (κ1) is 31.1. The van der Waals surface area contributed by atoms with E-state index in [9.17, 15) is 9.59 Å². The average molecular weight is 609 g/mol. The molecule has 0 radical (unpaired) electrons. The molecular formula is C38H50ClFO3. The molecule has 3 nitrogen and oxygen atoms in total. The molecule has 0 aromatic heterocycles. The Morgan fingerprint density at radius 1 is 0.953 bits per heavy atom. The van der Waals surface area contributed by atoms with Crippen LogP contribution in [0, 0.1) is 62.5 Å². The lowest BCUT2D eigenvalue weighted by molar-refractivity contribution is -0.223. The maximum atomic E-state index is 15.1. The molecule has 5 heteroatoms. The van der Waals surface area contributed by atoms with E-state index in [1.54, 1.807) is 6.07 Å². The number of rotatable bonds is 4. The monoisotopic (exact) mass is 608 g/mol. The third-order valence-electron chi connectivity index (χ3n) is 14.7. The van der Waals surface area contributed by atoms with Crippen molar-refractivity contribution < 1.29 is 18.7 Å². The van der Waals surface area contributed by atoms with E-state index in [0.29, 0.717) is 29.6 Å². The molecule has 0 amide bonds. The number of esters is 1. The molecule has 0 aliphatic heterocycles. The van der Waals surface area contributed by atoms with Gasteiger partial charge >= 0.3 is 5.97 Å². The third kappa shape index (κ3) is 4.03. The first-order chi connectivity index (χ1) is 20.1. The van der Waals surface area contributed by atoms with E-state index in [-0.39, 0.29) is 37.9 Å². The smallest absolute Gasteiger partial charge is 0.340 e. The minimum Gasteiger partial charge on any atom is -0.465 e. The third-order valence-corrected chi connectivity index (χ3v) is 15.1. The van der Waals surface area contributed by atoms with Crippen LogP contribution in [0.5, 0.6) is 0 Å². The molecule has 9 unspecified atom stereocenters. The van der Waals surface area contributed by atoms with Gasteiger partial charge in [0.15, 0.2) is 0 Å². The molecule has 9 atom stereocenters. The number of benzene rings is 1. The maximum absolute atomic E-state index is 15.1. The molecule has 234 valence electrons. The van der Waals surface area contributed by atoms with Gasteiger partial charge in [0.2, 0.25) is 5.24 Å². The van der Waals surface area contributed by atoms with Crippen LogP contribution in [0.3, 0.4) is 0 Å². The number of carbonyl (C=O) groups excluding carboxylic acids is 2. The van der Waals surface area contributed by atoms with Gasteiger partial charge in [-0.1, -0.05) is 58.9 Å². The van der Waals surface area contributed by atoms with E-state index in [4.69, 9.17) is 16.3 Å². The first-order valence-corrected chi connectivity index (χ1v) is 16.9. The van der Waals surface area contributed by atoms with Gasteiger partial charge in [0.25, 0.3) is 0 Å². The summed E-state index contributed by atoms with van der Waals surface area (Å²) in [6.07, 6.45) is 11.9. The summed E-state index contributed by atoms with van der Waals surface area (Å²) in [7, 11) is 1.28. The van der Waals surface area contributed by atoms with Crippen LogP contribution in [0.2, 0.25) is 0 Å². The van der Waals surface area contributed by atoms with Crippen LogP contribution in [0.15, 0.2) is 36.4 Å². The zero-order valence-electron chi connectivity index (χ0n) is 27.2. The molecule has 4 saturated carbocycles. The summed E-state index contributed by atoms with van der Waals surface area (Å²) in [5.74, 6) is 1.02. The fourth-order valence-corrected chi connectivity index (χ4v) is 12.9. The van der Waals surface area contributed by atoms with Gasteiger partial charge in [-0.25, -0.2) is 9.18 Å². The molecule has 6 rings (SSSR count). The van der Waals surface area contributed by atoms with Crippen molar-refractivity contribution in [3.8, 4) is 0 Å². The summed E-state index contributed by atoms with van der Waals surface area (Å²) < 4.78 is 19.8. The second-order valence-electron chi connectivity index (χ2n) is 16.3. The van der Waals surface area contributed by atoms with E-state index in [2.05, 4.69) is 54.2 Å². The topological polar surface area (TPSA) is 43.4 Å². The van der Waals surface area contributed by atoms with Crippen molar-refractivity contribution in [2.45, 2.75) is 99.3 Å². The largest absolute Gasteiger partial charge is 0.465 e. The van der Waals surface area contributed by atoms with Gasteiger partial charge < -0.3 is 4.74 Å². The van der Waals surface area contributed by atoms with Crippen LogP contribution in [0.1, 0.15) is 115 Å². The molecular weight excluding hydrogens is 559 g/mol. The number of carbonyl (C=O) groups is 2. The van der Waals surface area contributed by atoms with Crippen molar-refractivity contribution in [1.82, 2.24) is 0 Å². The minimum atomic E-state index is -0.647. The van der Waals surface area contributed by atoms with Crippen LogP contribution in [-0.2, 0) is 9.53 Å². The number of fused-ring (bicyclic) bond motifs is 7. The number of hydrogen-bond donors (Lipinski definition) is 0. The molecule has 0 bridgehead atoms. The van der Waals surface area contributed by atoms with Crippen molar-refractivity contribution in [2.75, 3.05) is 7.11 Å². The lowest BCUT2D eigenvalue weighted by atomic mass is 9.32. The highest BCUT2D eigenvalue weighted by Crippen LogP contribution is 2.78. The molecule has 0 saturated heterocycles. The Hall–Kier alpha value is -1.94. The summed E-state index contributed by atoms with van der Waals surface area (Å²) in [4.78, 5) is 25.2. The highest BCUT2D eigenvalue weighted by Gasteiger charge is 2.71. The summed E-state index contributed by atoms with van der Waals surface area (Å²) >= 11 is 6.50. The number of ether oxygens (including phenoxy) is 1. The zero-order chi connectivity index (χ0) is 31.3. The quantitative estimate of drug-likeness (QED) is 0.194. The van der Waals surface area contributed by atoms with Gasteiger partial charge in [-0.05, 0) is 151 Å². The van der Waals surface area contributed by atoms with Crippen LogP contribution in [0.25, 0.3) is 5.57 Å². The molecule has 43 heavy (non-hydrogen) atoms. The second kappa shape index (κ2) is 10.0. The van der Waals surface area contributed by atoms with Gasteiger partial charge in [0, 0.05) is 5.41 Å². The van der Waals surface area contributed by atoms with Gasteiger partial charge in [-0.15, -0.1) is 0 Å². The number of hydrogen-bond acceptors (Lipinski definition) is 3. The minimum absolute atomic E-state index is 0.0211. The predicted molar refractivity (Wildman–Crippen MR) is 171 cm³/mol. The Balaban J connectivity index is 1.37.